The molecule has 0 unspecified atom stereocenters. The molecule has 2 rings (SSSR count). The summed E-state index contributed by atoms with van der Waals surface area (Å²) < 4.78 is 6.63. The van der Waals surface area contributed by atoms with E-state index >= 15 is 0 Å². The molecule has 2 aromatic rings. The summed E-state index contributed by atoms with van der Waals surface area (Å²) in [6.07, 6.45) is 0. The van der Waals surface area contributed by atoms with Crippen LogP contribution >= 0.6 is 15.9 Å². The number of para-hydroxylation sites is 1. The van der Waals surface area contributed by atoms with Crippen molar-refractivity contribution in [3.05, 3.63) is 64.1 Å². The molecule has 0 saturated heterocycles. The molecule has 0 bridgehead atoms. The Labute approximate surface area is 151 Å². The van der Waals surface area contributed by atoms with Crippen molar-refractivity contribution < 1.29 is 9.53 Å². The summed E-state index contributed by atoms with van der Waals surface area (Å²) in [5, 5.41) is 4.12. The summed E-state index contributed by atoms with van der Waals surface area (Å²) in [4.78, 5) is 11.9. The van der Waals surface area contributed by atoms with Crippen molar-refractivity contribution in [2.45, 2.75) is 26.7 Å². The first-order chi connectivity index (χ1) is 11.5. The van der Waals surface area contributed by atoms with E-state index < -0.39 is 0 Å². The maximum atomic E-state index is 11.9. The first-order valence-corrected chi connectivity index (χ1v) is 8.57. The van der Waals surface area contributed by atoms with Crippen molar-refractivity contribution in [1.29, 1.82) is 0 Å². The van der Waals surface area contributed by atoms with E-state index in [2.05, 4.69) is 40.3 Å². The maximum Gasteiger partial charge on any atom is 0.277 e. The van der Waals surface area contributed by atoms with Crippen molar-refractivity contribution in [2.24, 2.45) is 5.10 Å². The van der Waals surface area contributed by atoms with Crippen molar-refractivity contribution >= 4 is 27.5 Å². The Kier molecular flexibility index (Phi) is 6.55. The fraction of sp³-hybridized carbons (Fsp3) is 0.263. The normalized spacial score (nSPS) is 11.5. The first kappa shape index (κ1) is 18.2. The summed E-state index contributed by atoms with van der Waals surface area (Å²) in [6.45, 7) is 5.96. The highest BCUT2D eigenvalue weighted by molar-refractivity contribution is 9.10. The molecule has 0 saturated carbocycles. The lowest BCUT2D eigenvalue weighted by Gasteiger charge is -2.13. The smallest absolute Gasteiger partial charge is 0.277 e. The van der Waals surface area contributed by atoms with Gasteiger partial charge < -0.3 is 4.74 Å². The number of hydrogen-bond acceptors (Lipinski definition) is 3. The van der Waals surface area contributed by atoms with Gasteiger partial charge in [0.15, 0.2) is 6.61 Å². The monoisotopic (exact) mass is 388 g/mol. The molecule has 1 amide bonds. The molecule has 0 fully saturated rings. The number of rotatable bonds is 6. The average molecular weight is 389 g/mol. The number of carbonyl (C=O) groups is 1. The summed E-state index contributed by atoms with van der Waals surface area (Å²) in [5.74, 6) is 0.781. The quantitative estimate of drug-likeness (QED) is 0.585. The maximum absolute atomic E-state index is 11.9. The van der Waals surface area contributed by atoms with E-state index in [0.29, 0.717) is 5.92 Å². The Morgan fingerprint density at radius 3 is 2.50 bits per heavy atom. The van der Waals surface area contributed by atoms with Gasteiger partial charge in [0.2, 0.25) is 0 Å². The Hall–Kier alpha value is -2.14. The van der Waals surface area contributed by atoms with Crippen LogP contribution in [-0.4, -0.2) is 18.2 Å². The molecule has 2 aromatic carbocycles. The fourth-order valence-electron chi connectivity index (χ4n) is 2.17. The van der Waals surface area contributed by atoms with E-state index in [1.165, 1.54) is 0 Å². The number of hydrogen-bond donors (Lipinski definition) is 1. The van der Waals surface area contributed by atoms with E-state index in [0.717, 1.165) is 27.1 Å². The summed E-state index contributed by atoms with van der Waals surface area (Å²) in [7, 11) is 0. The van der Waals surface area contributed by atoms with Crippen molar-refractivity contribution in [2.75, 3.05) is 6.61 Å². The lowest BCUT2D eigenvalue weighted by molar-refractivity contribution is -0.123. The number of nitrogens with one attached hydrogen (secondary N) is 1. The van der Waals surface area contributed by atoms with Gasteiger partial charge in [-0.2, -0.15) is 5.10 Å². The van der Waals surface area contributed by atoms with Gasteiger partial charge in [0.25, 0.3) is 5.91 Å². The summed E-state index contributed by atoms with van der Waals surface area (Å²) in [5.41, 5.74) is 5.29. The zero-order chi connectivity index (χ0) is 17.5. The molecule has 4 nitrogen and oxygen atoms in total. The number of carbonyl (C=O) groups excluding carboxylic acids is 1. The number of amides is 1. The third-order valence-corrected chi connectivity index (χ3v) is 4.04. The highest BCUT2D eigenvalue weighted by atomic mass is 79.9. The van der Waals surface area contributed by atoms with Gasteiger partial charge in [-0.15, -0.1) is 0 Å². The number of nitrogens with zero attached hydrogens (tertiary/aromatic N) is 1. The van der Waals surface area contributed by atoms with Crippen LogP contribution < -0.4 is 10.2 Å². The Morgan fingerprint density at radius 2 is 1.83 bits per heavy atom. The van der Waals surface area contributed by atoms with Gasteiger partial charge in [-0.25, -0.2) is 5.43 Å². The zero-order valence-electron chi connectivity index (χ0n) is 14.0. The van der Waals surface area contributed by atoms with Gasteiger partial charge in [0.1, 0.15) is 5.75 Å². The number of ether oxygens (including phenoxy) is 1. The second-order valence-electron chi connectivity index (χ2n) is 5.72. The average Bonchev–Trinajstić information content (AvgIpc) is 2.58. The number of benzene rings is 2. The topological polar surface area (TPSA) is 50.7 Å². The van der Waals surface area contributed by atoms with Crippen LogP contribution in [0.25, 0.3) is 0 Å². The molecule has 0 aliphatic rings. The molecule has 1 N–H and O–H groups in total. The molecule has 5 heteroatoms. The second-order valence-corrected chi connectivity index (χ2v) is 6.64. The summed E-state index contributed by atoms with van der Waals surface area (Å²) >= 11 is 3.39. The third-order valence-electron chi connectivity index (χ3n) is 3.51. The minimum absolute atomic E-state index is 0.0686. The zero-order valence-corrected chi connectivity index (χ0v) is 15.6. The fourth-order valence-corrected chi connectivity index (χ4v) is 2.43. The minimum Gasteiger partial charge on any atom is -0.483 e. The van der Waals surface area contributed by atoms with E-state index in [1.807, 2.05) is 55.5 Å². The van der Waals surface area contributed by atoms with Crippen LogP contribution in [0, 0.1) is 0 Å². The lowest BCUT2D eigenvalue weighted by atomic mass is 10.0. The van der Waals surface area contributed by atoms with Crippen molar-refractivity contribution in [1.82, 2.24) is 5.43 Å². The minimum atomic E-state index is -0.287. The first-order valence-electron chi connectivity index (χ1n) is 7.78. The lowest BCUT2D eigenvalue weighted by Crippen LogP contribution is -2.25. The van der Waals surface area contributed by atoms with Gasteiger partial charge in [-0.3, -0.25) is 4.79 Å². The van der Waals surface area contributed by atoms with E-state index in [9.17, 15) is 4.79 Å². The summed E-state index contributed by atoms with van der Waals surface area (Å²) in [6, 6.07) is 15.5. The van der Waals surface area contributed by atoms with E-state index in [-0.39, 0.29) is 12.5 Å². The highest BCUT2D eigenvalue weighted by Crippen LogP contribution is 2.25. The largest absolute Gasteiger partial charge is 0.483 e. The Bertz CT molecular complexity index is 724. The molecule has 24 heavy (non-hydrogen) atoms. The molecule has 0 aliphatic heterocycles. The Morgan fingerprint density at radius 1 is 1.17 bits per heavy atom. The van der Waals surface area contributed by atoms with Crippen LogP contribution in [0.1, 0.15) is 37.8 Å². The van der Waals surface area contributed by atoms with Crippen LogP contribution in [0.2, 0.25) is 0 Å². The molecule has 0 aromatic heterocycles. The molecule has 0 radical (unpaired) electrons. The molecular weight excluding hydrogens is 368 g/mol. The van der Waals surface area contributed by atoms with Crippen LogP contribution in [-0.2, 0) is 4.79 Å². The predicted octanol–water partition coefficient (Wildman–Crippen LogP) is 4.49. The van der Waals surface area contributed by atoms with Crippen molar-refractivity contribution in [3.63, 3.8) is 0 Å². The molecule has 0 heterocycles. The van der Waals surface area contributed by atoms with Gasteiger partial charge in [0, 0.05) is 4.47 Å². The van der Waals surface area contributed by atoms with Crippen LogP contribution in [0.15, 0.2) is 58.1 Å². The number of halogens is 1. The van der Waals surface area contributed by atoms with Gasteiger partial charge in [-0.05, 0) is 42.2 Å². The highest BCUT2D eigenvalue weighted by Gasteiger charge is 2.09. The molecule has 0 spiro atoms. The van der Waals surface area contributed by atoms with Crippen LogP contribution in [0.4, 0.5) is 0 Å². The standard InChI is InChI=1S/C19H21BrN2O2/c1-13(2)17-6-4-5-7-18(17)24-12-19(23)22-21-14(3)15-8-10-16(20)11-9-15/h4-11,13H,12H2,1-3H3,(H,22,23). The van der Waals surface area contributed by atoms with Gasteiger partial charge in [0.05, 0.1) is 5.71 Å². The van der Waals surface area contributed by atoms with Gasteiger partial charge >= 0.3 is 0 Å². The van der Waals surface area contributed by atoms with E-state index in [4.69, 9.17) is 4.74 Å². The second kappa shape index (κ2) is 8.64. The molecular formula is C19H21BrN2O2. The van der Waals surface area contributed by atoms with Gasteiger partial charge in [-0.1, -0.05) is 60.1 Å². The number of hydrazone groups is 1. The van der Waals surface area contributed by atoms with Crippen LogP contribution in [0.5, 0.6) is 5.75 Å². The van der Waals surface area contributed by atoms with Crippen molar-refractivity contribution in [3.8, 4) is 5.75 Å². The molecule has 0 aliphatic carbocycles. The Balaban J connectivity index is 1.92. The van der Waals surface area contributed by atoms with Crippen LogP contribution in [0.3, 0.4) is 0 Å². The predicted molar refractivity (Wildman–Crippen MR) is 101 cm³/mol. The SMILES string of the molecule is CC(=NNC(=O)COc1ccccc1C(C)C)c1ccc(Br)cc1. The van der Waals surface area contributed by atoms with E-state index in [1.54, 1.807) is 0 Å². The molecule has 0 atom stereocenters. The third kappa shape index (κ3) is 5.20. The molecule has 126 valence electrons.